The molecule has 0 N–H and O–H groups in total. The van der Waals surface area contributed by atoms with Gasteiger partial charge >= 0.3 is 0 Å². The molecule has 0 amide bonds. The zero-order chi connectivity index (χ0) is 32.3. The van der Waals surface area contributed by atoms with Crippen LogP contribution in [0.3, 0.4) is 0 Å². The summed E-state index contributed by atoms with van der Waals surface area (Å²) in [5.74, 6) is 0. The van der Waals surface area contributed by atoms with Gasteiger partial charge in [0.2, 0.25) is 0 Å². The van der Waals surface area contributed by atoms with Crippen molar-refractivity contribution in [1.29, 1.82) is 0 Å². The van der Waals surface area contributed by atoms with Crippen molar-refractivity contribution in [3.63, 3.8) is 0 Å². The molecule has 0 aliphatic rings. The molecule has 0 spiro atoms. The average Bonchev–Trinajstić information content (AvgIpc) is 3.75. The Labute approximate surface area is 282 Å². The fourth-order valence-electron chi connectivity index (χ4n) is 7.46. The monoisotopic (exact) mass is 627 g/mol. The second-order valence-electron chi connectivity index (χ2n) is 12.5. The second kappa shape index (κ2) is 11.0. The third kappa shape index (κ3) is 4.37. The maximum Gasteiger partial charge on any atom is 0.143 e. The van der Waals surface area contributed by atoms with Gasteiger partial charge in [-0.2, -0.15) is 0 Å². The number of benzene rings is 8. The SMILES string of the molecule is c1ccc(-c2ccc(N(c3cc4c5ccccc5oc4c4ccccc34)c3cccc4oc5ccccc5c34)cc2-c2ccccc2)cc1. The number of anilines is 3. The second-order valence-corrected chi connectivity index (χ2v) is 12.5. The summed E-state index contributed by atoms with van der Waals surface area (Å²) in [6, 6.07) is 62.1. The molecule has 2 heterocycles. The quantitative estimate of drug-likeness (QED) is 0.190. The van der Waals surface area contributed by atoms with Gasteiger partial charge in [-0.1, -0.05) is 133 Å². The maximum absolute atomic E-state index is 6.54. The predicted molar refractivity (Wildman–Crippen MR) is 204 cm³/mol. The van der Waals surface area contributed by atoms with Crippen LogP contribution in [-0.4, -0.2) is 0 Å². The van der Waals surface area contributed by atoms with Crippen LogP contribution in [-0.2, 0) is 0 Å². The molecule has 0 saturated heterocycles. The van der Waals surface area contributed by atoms with E-state index in [4.69, 9.17) is 8.83 Å². The molecule has 0 unspecified atom stereocenters. The van der Waals surface area contributed by atoms with Crippen molar-refractivity contribution in [2.24, 2.45) is 0 Å². The highest BCUT2D eigenvalue weighted by molar-refractivity contribution is 6.21. The minimum Gasteiger partial charge on any atom is -0.456 e. The number of para-hydroxylation sites is 2. The van der Waals surface area contributed by atoms with Gasteiger partial charge in [-0.25, -0.2) is 0 Å². The van der Waals surface area contributed by atoms with Crippen LogP contribution in [0.2, 0.25) is 0 Å². The minimum absolute atomic E-state index is 0.854. The van der Waals surface area contributed by atoms with Crippen LogP contribution in [0.25, 0.3) is 76.9 Å². The molecule has 0 fully saturated rings. The Balaban J connectivity index is 1.34. The normalized spacial score (nSPS) is 11.7. The lowest BCUT2D eigenvalue weighted by atomic mass is 9.93. The summed E-state index contributed by atoms with van der Waals surface area (Å²) in [6.07, 6.45) is 0. The van der Waals surface area contributed by atoms with Crippen LogP contribution < -0.4 is 4.90 Å². The van der Waals surface area contributed by atoms with Crippen LogP contribution in [0.15, 0.2) is 185 Å². The van der Waals surface area contributed by atoms with Gasteiger partial charge in [-0.15, -0.1) is 0 Å². The van der Waals surface area contributed by atoms with E-state index < -0.39 is 0 Å². The maximum atomic E-state index is 6.54. The van der Waals surface area contributed by atoms with Crippen LogP contribution >= 0.6 is 0 Å². The highest BCUT2D eigenvalue weighted by Crippen LogP contribution is 2.49. The van der Waals surface area contributed by atoms with Crippen molar-refractivity contribution < 1.29 is 8.83 Å². The van der Waals surface area contributed by atoms with Crippen LogP contribution in [0, 0.1) is 0 Å². The van der Waals surface area contributed by atoms with Gasteiger partial charge in [0, 0.05) is 32.6 Å². The summed E-state index contributed by atoms with van der Waals surface area (Å²) in [6.45, 7) is 0. The first kappa shape index (κ1) is 27.5. The lowest BCUT2D eigenvalue weighted by molar-refractivity contribution is 0.669. The largest absolute Gasteiger partial charge is 0.456 e. The number of furan rings is 2. The molecule has 0 radical (unpaired) electrons. The van der Waals surface area contributed by atoms with Crippen LogP contribution in [0.1, 0.15) is 0 Å². The molecule has 0 aliphatic carbocycles. The van der Waals surface area contributed by atoms with Gasteiger partial charge < -0.3 is 13.7 Å². The fraction of sp³-hybridized carbons (Fsp3) is 0. The number of hydrogen-bond donors (Lipinski definition) is 0. The zero-order valence-electron chi connectivity index (χ0n) is 26.5. The fourth-order valence-corrected chi connectivity index (χ4v) is 7.46. The molecule has 49 heavy (non-hydrogen) atoms. The molecule has 0 aliphatic heterocycles. The van der Waals surface area contributed by atoms with E-state index in [1.807, 2.05) is 24.3 Å². The molecular formula is C46H29NO2. The summed E-state index contributed by atoms with van der Waals surface area (Å²) < 4.78 is 13.0. The first-order valence-electron chi connectivity index (χ1n) is 16.6. The summed E-state index contributed by atoms with van der Waals surface area (Å²) in [5, 5.41) is 6.52. The van der Waals surface area contributed by atoms with E-state index in [9.17, 15) is 0 Å². The summed E-state index contributed by atoms with van der Waals surface area (Å²) in [7, 11) is 0. The molecule has 10 aromatic rings. The van der Waals surface area contributed by atoms with Crippen molar-refractivity contribution >= 4 is 71.7 Å². The highest BCUT2D eigenvalue weighted by Gasteiger charge is 2.24. The van der Waals surface area contributed by atoms with Gasteiger partial charge in [0.25, 0.3) is 0 Å². The van der Waals surface area contributed by atoms with Gasteiger partial charge in [0.05, 0.1) is 16.8 Å². The van der Waals surface area contributed by atoms with E-state index in [1.54, 1.807) is 0 Å². The third-order valence-corrected chi connectivity index (χ3v) is 9.66. The standard InChI is InChI=1S/C46H29NO2/c1-3-14-30(15-4-1)33-27-26-32(28-38(33)31-16-5-2-6-17-31)47(40-22-13-25-44-45(40)37-21-10-12-24-43(37)48-44)41-29-39-35-19-9-11-23-42(35)49-46(39)36-20-8-7-18-34(36)41/h1-29H. The summed E-state index contributed by atoms with van der Waals surface area (Å²) in [5.41, 5.74) is 11.4. The van der Waals surface area contributed by atoms with Crippen molar-refractivity contribution in [3.05, 3.63) is 176 Å². The Morgan fingerprint density at radius 2 is 0.939 bits per heavy atom. The van der Waals surface area contributed by atoms with E-state index >= 15 is 0 Å². The van der Waals surface area contributed by atoms with Crippen molar-refractivity contribution in [2.45, 2.75) is 0 Å². The van der Waals surface area contributed by atoms with Gasteiger partial charge in [0.1, 0.15) is 22.3 Å². The Morgan fingerprint density at radius 3 is 1.69 bits per heavy atom. The molecule has 3 nitrogen and oxygen atoms in total. The number of nitrogens with zero attached hydrogens (tertiary/aromatic N) is 1. The first-order chi connectivity index (χ1) is 24.3. The molecule has 2 aromatic heterocycles. The number of hydrogen-bond acceptors (Lipinski definition) is 3. The van der Waals surface area contributed by atoms with Crippen molar-refractivity contribution in [2.75, 3.05) is 4.90 Å². The van der Waals surface area contributed by atoms with Crippen molar-refractivity contribution in [3.8, 4) is 22.3 Å². The van der Waals surface area contributed by atoms with Gasteiger partial charge in [-0.3, -0.25) is 0 Å². The number of fused-ring (bicyclic) bond motifs is 8. The Kier molecular flexibility index (Phi) is 6.18. The lowest BCUT2D eigenvalue weighted by Crippen LogP contribution is -2.11. The highest BCUT2D eigenvalue weighted by atomic mass is 16.3. The van der Waals surface area contributed by atoms with Gasteiger partial charge in [0.15, 0.2) is 0 Å². The van der Waals surface area contributed by atoms with E-state index in [1.165, 1.54) is 11.1 Å². The Bertz CT molecular complexity index is 2830. The van der Waals surface area contributed by atoms with Crippen LogP contribution in [0.4, 0.5) is 17.1 Å². The molecule has 230 valence electrons. The van der Waals surface area contributed by atoms with E-state index in [-0.39, 0.29) is 0 Å². The molecule has 10 rings (SSSR count). The van der Waals surface area contributed by atoms with Crippen molar-refractivity contribution in [1.82, 2.24) is 0 Å². The van der Waals surface area contributed by atoms with E-state index in [0.717, 1.165) is 82.8 Å². The first-order valence-corrected chi connectivity index (χ1v) is 16.6. The Morgan fingerprint density at radius 1 is 0.347 bits per heavy atom. The molecule has 0 bridgehead atoms. The molecule has 3 heteroatoms. The lowest BCUT2D eigenvalue weighted by Gasteiger charge is -2.29. The summed E-state index contributed by atoms with van der Waals surface area (Å²) >= 11 is 0. The molecule has 0 atom stereocenters. The third-order valence-electron chi connectivity index (χ3n) is 9.66. The van der Waals surface area contributed by atoms with Crippen LogP contribution in [0.5, 0.6) is 0 Å². The minimum atomic E-state index is 0.854. The smallest absolute Gasteiger partial charge is 0.143 e. The molecule has 8 aromatic carbocycles. The molecule has 0 saturated carbocycles. The molecular weight excluding hydrogens is 599 g/mol. The predicted octanol–water partition coefficient (Wildman–Crippen LogP) is 13.4. The number of rotatable bonds is 5. The Hall–Kier alpha value is -6.58. The zero-order valence-corrected chi connectivity index (χ0v) is 26.5. The van der Waals surface area contributed by atoms with Gasteiger partial charge in [-0.05, 0) is 64.7 Å². The topological polar surface area (TPSA) is 29.5 Å². The van der Waals surface area contributed by atoms with E-state index in [2.05, 4.69) is 157 Å². The average molecular weight is 628 g/mol. The van der Waals surface area contributed by atoms with E-state index in [0.29, 0.717) is 0 Å². The summed E-state index contributed by atoms with van der Waals surface area (Å²) in [4.78, 5) is 2.41.